The molecule has 0 aliphatic carbocycles. The zero-order valence-corrected chi connectivity index (χ0v) is 49.6. The van der Waals surface area contributed by atoms with E-state index in [4.69, 9.17) is 4.74 Å². The third kappa shape index (κ3) is 59.7. The molecule has 0 aliphatic rings. The van der Waals surface area contributed by atoms with Crippen LogP contribution in [0.4, 0.5) is 0 Å². The van der Waals surface area contributed by atoms with Crippen LogP contribution in [0.25, 0.3) is 0 Å². The van der Waals surface area contributed by atoms with E-state index in [9.17, 15) is 19.8 Å². The van der Waals surface area contributed by atoms with Crippen molar-refractivity contribution in [1.82, 2.24) is 5.32 Å². The second kappa shape index (κ2) is 63.1. The van der Waals surface area contributed by atoms with Crippen molar-refractivity contribution < 1.29 is 24.5 Å². The quantitative estimate of drug-likeness (QED) is 0.0320. The molecule has 0 aromatic carbocycles. The van der Waals surface area contributed by atoms with Crippen LogP contribution in [0.1, 0.15) is 380 Å². The average molecular weight is 1030 g/mol. The molecule has 0 bridgehead atoms. The van der Waals surface area contributed by atoms with Crippen LogP contribution in [0.15, 0.2) is 12.2 Å². The third-order valence-electron chi connectivity index (χ3n) is 15.8. The highest BCUT2D eigenvalue weighted by Crippen LogP contribution is 2.19. The second-order valence-electron chi connectivity index (χ2n) is 23.2. The van der Waals surface area contributed by atoms with Gasteiger partial charge in [-0.15, -0.1) is 0 Å². The second-order valence-corrected chi connectivity index (χ2v) is 23.2. The monoisotopic (exact) mass is 1030 g/mol. The van der Waals surface area contributed by atoms with E-state index >= 15 is 0 Å². The molecule has 73 heavy (non-hydrogen) atoms. The standard InChI is InChI=1S/C67H131NO5/c1-3-5-7-9-11-13-15-17-18-19-20-21-24-27-30-33-36-39-43-47-51-55-59-65(70)64(63-69)68-66(71)60-56-52-48-44-40-37-34-31-28-25-22-23-26-29-32-35-38-42-46-50-54-58-62-73-67(72)61-57-53-49-45-41-16-14-12-10-8-6-4-2/h25,28,64-65,69-70H,3-24,26-27,29-63H2,1-2H3,(H,68,71)/b28-25-. The fourth-order valence-electron chi connectivity index (χ4n) is 10.7. The van der Waals surface area contributed by atoms with E-state index in [-0.39, 0.29) is 18.5 Å². The smallest absolute Gasteiger partial charge is 0.305 e. The first-order valence-corrected chi connectivity index (χ1v) is 33.4. The minimum atomic E-state index is -0.669. The number of esters is 1. The van der Waals surface area contributed by atoms with Crippen LogP contribution in [-0.2, 0) is 14.3 Å². The Morgan fingerprint density at radius 1 is 0.370 bits per heavy atom. The molecular weight excluding hydrogens is 899 g/mol. The van der Waals surface area contributed by atoms with Crippen LogP contribution in [-0.4, -0.2) is 47.4 Å². The molecule has 0 saturated carbocycles. The first kappa shape index (κ1) is 71.6. The van der Waals surface area contributed by atoms with Gasteiger partial charge in [0.1, 0.15) is 0 Å². The SMILES string of the molecule is CCCCCCCCCCCCCCCCCCCCCCCCC(O)C(CO)NC(=O)CCCCCCCCC/C=C\CCCCCCCCCCCCCOC(=O)CCCCCCCCCCCCCC. The number of ether oxygens (including phenoxy) is 1. The zero-order chi connectivity index (χ0) is 52.9. The molecule has 434 valence electrons. The van der Waals surface area contributed by atoms with Gasteiger partial charge in [-0.25, -0.2) is 0 Å². The third-order valence-corrected chi connectivity index (χ3v) is 15.8. The highest BCUT2D eigenvalue weighted by molar-refractivity contribution is 5.76. The number of aliphatic hydroxyl groups is 2. The molecule has 3 N–H and O–H groups in total. The number of unbranched alkanes of at least 4 members (excludes halogenated alkanes) is 50. The zero-order valence-electron chi connectivity index (χ0n) is 49.6. The molecule has 6 nitrogen and oxygen atoms in total. The van der Waals surface area contributed by atoms with Crippen molar-refractivity contribution in [2.45, 2.75) is 392 Å². The van der Waals surface area contributed by atoms with E-state index in [1.165, 1.54) is 308 Å². The summed E-state index contributed by atoms with van der Waals surface area (Å²) >= 11 is 0. The first-order valence-electron chi connectivity index (χ1n) is 33.4. The lowest BCUT2D eigenvalue weighted by atomic mass is 10.0. The fraction of sp³-hybridized carbons (Fsp3) is 0.940. The minimum absolute atomic E-state index is 0.0117. The Morgan fingerprint density at radius 3 is 0.973 bits per heavy atom. The topological polar surface area (TPSA) is 95.9 Å². The Balaban J connectivity index is 3.41. The number of rotatable bonds is 63. The normalized spacial score (nSPS) is 12.5. The van der Waals surface area contributed by atoms with Crippen molar-refractivity contribution in [3.63, 3.8) is 0 Å². The van der Waals surface area contributed by atoms with Gasteiger partial charge in [0.15, 0.2) is 0 Å². The molecule has 0 aliphatic heterocycles. The van der Waals surface area contributed by atoms with Crippen LogP contribution < -0.4 is 5.32 Å². The summed E-state index contributed by atoms with van der Waals surface area (Å²) in [4.78, 5) is 24.6. The summed E-state index contributed by atoms with van der Waals surface area (Å²) in [5, 5.41) is 23.4. The lowest BCUT2D eigenvalue weighted by Gasteiger charge is -2.22. The van der Waals surface area contributed by atoms with Gasteiger partial charge in [0.05, 0.1) is 25.4 Å². The molecule has 0 aromatic heterocycles. The van der Waals surface area contributed by atoms with E-state index in [0.29, 0.717) is 25.9 Å². The molecule has 0 rings (SSSR count). The lowest BCUT2D eigenvalue weighted by molar-refractivity contribution is -0.143. The molecule has 2 unspecified atom stereocenters. The van der Waals surface area contributed by atoms with Crippen molar-refractivity contribution in [2.24, 2.45) is 0 Å². The molecule has 0 fully saturated rings. The molecule has 6 heteroatoms. The molecule has 0 heterocycles. The van der Waals surface area contributed by atoms with Crippen molar-refractivity contribution in [3.8, 4) is 0 Å². The van der Waals surface area contributed by atoms with Gasteiger partial charge in [-0.2, -0.15) is 0 Å². The number of hydrogen-bond donors (Lipinski definition) is 3. The predicted molar refractivity (Wildman–Crippen MR) is 320 cm³/mol. The number of hydrogen-bond acceptors (Lipinski definition) is 5. The summed E-state index contributed by atoms with van der Waals surface area (Å²) in [6.07, 6.45) is 76.7. The van der Waals surface area contributed by atoms with Crippen LogP contribution in [0, 0.1) is 0 Å². The van der Waals surface area contributed by atoms with Crippen molar-refractivity contribution in [3.05, 3.63) is 12.2 Å². The first-order chi connectivity index (χ1) is 36.0. The van der Waals surface area contributed by atoms with Crippen molar-refractivity contribution >= 4 is 11.9 Å². The van der Waals surface area contributed by atoms with Crippen LogP contribution in [0.5, 0.6) is 0 Å². The van der Waals surface area contributed by atoms with Gasteiger partial charge in [0, 0.05) is 12.8 Å². The highest BCUT2D eigenvalue weighted by Gasteiger charge is 2.20. The Morgan fingerprint density at radius 2 is 0.644 bits per heavy atom. The predicted octanol–water partition coefficient (Wildman–Crippen LogP) is 21.2. The number of aliphatic hydroxyl groups excluding tert-OH is 2. The summed E-state index contributed by atoms with van der Waals surface area (Å²) in [5.41, 5.74) is 0. The van der Waals surface area contributed by atoms with Crippen molar-refractivity contribution in [1.29, 1.82) is 0 Å². The van der Waals surface area contributed by atoms with E-state index in [1.54, 1.807) is 0 Å². The van der Waals surface area contributed by atoms with Gasteiger partial charge in [0.2, 0.25) is 5.91 Å². The molecule has 0 spiro atoms. The molecule has 1 amide bonds. The molecule has 0 radical (unpaired) electrons. The fourth-order valence-corrected chi connectivity index (χ4v) is 10.7. The highest BCUT2D eigenvalue weighted by atomic mass is 16.5. The Hall–Kier alpha value is -1.40. The van der Waals surface area contributed by atoms with E-state index in [0.717, 1.165) is 38.5 Å². The Labute approximate surface area is 457 Å². The lowest BCUT2D eigenvalue weighted by Crippen LogP contribution is -2.45. The summed E-state index contributed by atoms with van der Waals surface area (Å²) in [7, 11) is 0. The van der Waals surface area contributed by atoms with Gasteiger partial charge >= 0.3 is 5.97 Å². The molecule has 2 atom stereocenters. The van der Waals surface area contributed by atoms with Crippen LogP contribution in [0.3, 0.4) is 0 Å². The molecule has 0 saturated heterocycles. The van der Waals surface area contributed by atoms with Crippen LogP contribution in [0.2, 0.25) is 0 Å². The Kier molecular flexibility index (Phi) is 61.9. The van der Waals surface area contributed by atoms with Gasteiger partial charge in [0.25, 0.3) is 0 Å². The number of carbonyl (C=O) groups excluding carboxylic acids is 2. The maximum Gasteiger partial charge on any atom is 0.305 e. The minimum Gasteiger partial charge on any atom is -0.466 e. The van der Waals surface area contributed by atoms with Gasteiger partial charge in [-0.1, -0.05) is 328 Å². The van der Waals surface area contributed by atoms with Crippen molar-refractivity contribution in [2.75, 3.05) is 13.2 Å². The molecular formula is C67H131NO5. The number of carbonyl (C=O) groups is 2. The number of nitrogens with one attached hydrogen (secondary N) is 1. The van der Waals surface area contributed by atoms with E-state index < -0.39 is 12.1 Å². The van der Waals surface area contributed by atoms with Gasteiger partial charge in [-0.3, -0.25) is 9.59 Å². The maximum absolute atomic E-state index is 12.5. The maximum atomic E-state index is 12.5. The van der Waals surface area contributed by atoms with E-state index in [2.05, 4.69) is 31.3 Å². The summed E-state index contributed by atoms with van der Waals surface area (Å²) < 4.78 is 5.48. The summed E-state index contributed by atoms with van der Waals surface area (Å²) in [6.45, 7) is 4.98. The van der Waals surface area contributed by atoms with Gasteiger partial charge < -0.3 is 20.3 Å². The average Bonchev–Trinajstić information content (AvgIpc) is 3.39. The number of amides is 1. The summed E-state index contributed by atoms with van der Waals surface area (Å²) in [5.74, 6) is -0.0257. The Bertz CT molecular complexity index is 1100. The molecule has 0 aromatic rings. The van der Waals surface area contributed by atoms with Gasteiger partial charge in [-0.05, 0) is 51.4 Å². The largest absolute Gasteiger partial charge is 0.466 e. The van der Waals surface area contributed by atoms with Crippen LogP contribution >= 0.6 is 0 Å². The van der Waals surface area contributed by atoms with E-state index in [1.807, 2.05) is 0 Å². The number of allylic oxidation sites excluding steroid dienone is 2. The summed E-state index contributed by atoms with van der Waals surface area (Å²) in [6, 6.07) is -0.547.